The van der Waals surface area contributed by atoms with E-state index < -0.39 is 5.97 Å². The van der Waals surface area contributed by atoms with Crippen LogP contribution in [0.25, 0.3) is 0 Å². The molecule has 0 heterocycles. The number of carbonyl (C=O) groups is 2. The molecular formula is C29H33N3O4. The Hall–Kier alpha value is -4.00. The third kappa shape index (κ3) is 7.25. The number of hydrogen-bond acceptors (Lipinski definition) is 5. The minimum atomic E-state index is -0.989. The second kappa shape index (κ2) is 12.1. The third-order valence-corrected chi connectivity index (χ3v) is 5.89. The SMILES string of the molecule is CC(C)c1cc(CCCC(=O)Nc2ccc(/N=N/c3ccc(C(=O)O)cc3)cc2)cc(C(C)C)c1O. The quantitative estimate of drug-likeness (QED) is 0.254. The molecule has 0 spiro atoms. The lowest BCUT2D eigenvalue weighted by Gasteiger charge is -2.17. The van der Waals surface area contributed by atoms with Gasteiger partial charge in [0.2, 0.25) is 5.91 Å². The van der Waals surface area contributed by atoms with Crippen LogP contribution in [0.3, 0.4) is 0 Å². The van der Waals surface area contributed by atoms with Crippen LogP contribution in [-0.4, -0.2) is 22.1 Å². The Labute approximate surface area is 211 Å². The lowest BCUT2D eigenvalue weighted by molar-refractivity contribution is -0.116. The van der Waals surface area contributed by atoms with Crippen LogP contribution in [0.1, 0.15) is 79.4 Å². The molecule has 3 rings (SSSR count). The van der Waals surface area contributed by atoms with Gasteiger partial charge in [0, 0.05) is 12.1 Å². The summed E-state index contributed by atoms with van der Waals surface area (Å²) in [4.78, 5) is 23.4. The molecule has 36 heavy (non-hydrogen) atoms. The van der Waals surface area contributed by atoms with E-state index in [1.807, 2.05) is 0 Å². The largest absolute Gasteiger partial charge is 0.507 e. The second-order valence-electron chi connectivity index (χ2n) is 9.43. The molecule has 0 unspecified atom stereocenters. The first kappa shape index (κ1) is 26.6. The smallest absolute Gasteiger partial charge is 0.335 e. The number of benzene rings is 3. The first-order valence-electron chi connectivity index (χ1n) is 12.1. The Kier molecular flexibility index (Phi) is 8.95. The number of nitrogens with zero attached hydrogens (tertiary/aromatic N) is 2. The number of rotatable bonds is 10. The number of carboxylic acids is 1. The number of carbonyl (C=O) groups excluding carboxylic acids is 1. The molecule has 0 fully saturated rings. The van der Waals surface area contributed by atoms with Crippen molar-refractivity contribution >= 4 is 28.9 Å². The van der Waals surface area contributed by atoms with Crippen molar-refractivity contribution in [1.29, 1.82) is 0 Å². The molecular weight excluding hydrogens is 454 g/mol. The zero-order valence-corrected chi connectivity index (χ0v) is 21.2. The summed E-state index contributed by atoms with van der Waals surface area (Å²) < 4.78 is 0. The molecule has 0 saturated carbocycles. The van der Waals surface area contributed by atoms with Crippen molar-refractivity contribution in [1.82, 2.24) is 0 Å². The summed E-state index contributed by atoms with van der Waals surface area (Å²) in [6, 6.07) is 17.3. The van der Waals surface area contributed by atoms with E-state index in [4.69, 9.17) is 5.11 Å². The summed E-state index contributed by atoms with van der Waals surface area (Å²) in [6.07, 6.45) is 1.86. The maximum Gasteiger partial charge on any atom is 0.335 e. The zero-order valence-electron chi connectivity index (χ0n) is 21.2. The maximum absolute atomic E-state index is 12.4. The lowest BCUT2D eigenvalue weighted by Crippen LogP contribution is -2.11. The van der Waals surface area contributed by atoms with Gasteiger partial charge in [-0.2, -0.15) is 10.2 Å². The number of amides is 1. The topological polar surface area (TPSA) is 111 Å². The van der Waals surface area contributed by atoms with E-state index in [2.05, 4.69) is 55.4 Å². The first-order chi connectivity index (χ1) is 17.1. The summed E-state index contributed by atoms with van der Waals surface area (Å²) >= 11 is 0. The number of hydrogen-bond donors (Lipinski definition) is 3. The van der Waals surface area contributed by atoms with Gasteiger partial charge in [-0.05, 0) is 89.9 Å². The number of aromatic carboxylic acids is 1. The molecule has 1 amide bonds. The van der Waals surface area contributed by atoms with Crippen LogP contribution in [0.5, 0.6) is 5.75 Å². The van der Waals surface area contributed by atoms with Crippen molar-refractivity contribution in [3.63, 3.8) is 0 Å². The highest BCUT2D eigenvalue weighted by molar-refractivity contribution is 5.90. The van der Waals surface area contributed by atoms with Crippen LogP contribution < -0.4 is 5.32 Å². The Morgan fingerprint density at radius 3 is 1.81 bits per heavy atom. The van der Waals surface area contributed by atoms with Crippen LogP contribution in [0.15, 0.2) is 70.9 Å². The van der Waals surface area contributed by atoms with Crippen molar-refractivity contribution in [2.24, 2.45) is 10.2 Å². The molecule has 0 aromatic heterocycles. The normalized spacial score (nSPS) is 11.4. The summed E-state index contributed by atoms with van der Waals surface area (Å²) in [6.45, 7) is 8.28. The fourth-order valence-corrected chi connectivity index (χ4v) is 3.84. The van der Waals surface area contributed by atoms with E-state index in [0.29, 0.717) is 35.7 Å². The van der Waals surface area contributed by atoms with Crippen LogP contribution in [-0.2, 0) is 11.2 Å². The van der Waals surface area contributed by atoms with Gasteiger partial charge in [-0.25, -0.2) is 4.79 Å². The summed E-state index contributed by atoms with van der Waals surface area (Å²) in [5.74, 6) is -0.205. The summed E-state index contributed by atoms with van der Waals surface area (Å²) in [5.41, 5.74) is 5.08. The predicted molar refractivity (Wildman–Crippen MR) is 142 cm³/mol. The van der Waals surface area contributed by atoms with Crippen molar-refractivity contribution in [2.45, 2.75) is 58.8 Å². The standard InChI is InChI=1S/C29H33N3O4/c1-18(2)25-16-20(17-26(19(3)4)28(25)34)6-5-7-27(33)30-22-12-14-24(15-13-22)32-31-23-10-8-21(9-11-23)29(35)36/h8-19,34H,5-7H2,1-4H3,(H,30,33)(H,35,36)/b32-31+. The molecule has 3 aromatic rings. The molecule has 7 nitrogen and oxygen atoms in total. The number of aromatic hydroxyl groups is 1. The van der Waals surface area contributed by atoms with Gasteiger partial charge in [0.1, 0.15) is 5.75 Å². The Bertz CT molecular complexity index is 1200. The summed E-state index contributed by atoms with van der Waals surface area (Å²) in [7, 11) is 0. The molecule has 0 aliphatic rings. The van der Waals surface area contributed by atoms with Crippen LogP contribution in [0.2, 0.25) is 0 Å². The number of anilines is 1. The highest BCUT2D eigenvalue weighted by Gasteiger charge is 2.15. The van der Waals surface area contributed by atoms with Crippen LogP contribution in [0, 0.1) is 0 Å². The number of carboxylic acid groups (broad SMARTS) is 1. The molecule has 0 saturated heterocycles. The highest BCUT2D eigenvalue weighted by Crippen LogP contribution is 2.35. The van der Waals surface area contributed by atoms with Gasteiger partial charge >= 0.3 is 5.97 Å². The molecule has 0 aliphatic carbocycles. The molecule has 3 N–H and O–H groups in total. The fourth-order valence-electron chi connectivity index (χ4n) is 3.84. The minimum Gasteiger partial charge on any atom is -0.507 e. The van der Waals surface area contributed by atoms with Gasteiger partial charge in [-0.1, -0.05) is 39.8 Å². The highest BCUT2D eigenvalue weighted by atomic mass is 16.4. The van der Waals surface area contributed by atoms with Gasteiger partial charge in [-0.3, -0.25) is 4.79 Å². The predicted octanol–water partition coefficient (Wildman–Crippen LogP) is 7.71. The number of phenols is 1. The average Bonchev–Trinajstić information content (AvgIpc) is 2.84. The molecule has 0 bridgehead atoms. The van der Waals surface area contributed by atoms with E-state index in [1.165, 1.54) is 12.1 Å². The van der Waals surface area contributed by atoms with E-state index in [-0.39, 0.29) is 23.3 Å². The molecule has 7 heteroatoms. The molecule has 188 valence electrons. The van der Waals surface area contributed by atoms with Gasteiger partial charge in [0.15, 0.2) is 0 Å². The third-order valence-electron chi connectivity index (χ3n) is 5.89. The van der Waals surface area contributed by atoms with E-state index in [9.17, 15) is 14.7 Å². The molecule has 0 radical (unpaired) electrons. The lowest BCUT2D eigenvalue weighted by atomic mass is 9.90. The number of nitrogens with one attached hydrogen (secondary N) is 1. The Morgan fingerprint density at radius 1 is 0.833 bits per heavy atom. The van der Waals surface area contributed by atoms with Gasteiger partial charge < -0.3 is 15.5 Å². The minimum absolute atomic E-state index is 0.0603. The van der Waals surface area contributed by atoms with E-state index >= 15 is 0 Å². The first-order valence-corrected chi connectivity index (χ1v) is 12.1. The van der Waals surface area contributed by atoms with Gasteiger partial charge in [0.05, 0.1) is 16.9 Å². The molecule has 0 atom stereocenters. The van der Waals surface area contributed by atoms with Gasteiger partial charge in [0.25, 0.3) is 0 Å². The second-order valence-corrected chi connectivity index (χ2v) is 9.43. The van der Waals surface area contributed by atoms with E-state index in [0.717, 1.165) is 23.1 Å². The molecule has 0 aliphatic heterocycles. The van der Waals surface area contributed by atoms with Crippen molar-refractivity contribution < 1.29 is 19.8 Å². The average molecular weight is 488 g/mol. The number of azo groups is 1. The molecule has 3 aromatic carbocycles. The Morgan fingerprint density at radius 2 is 1.33 bits per heavy atom. The monoisotopic (exact) mass is 487 g/mol. The van der Waals surface area contributed by atoms with Crippen molar-refractivity contribution in [3.8, 4) is 5.75 Å². The Balaban J connectivity index is 1.52. The fraction of sp³-hybridized carbons (Fsp3) is 0.310. The van der Waals surface area contributed by atoms with Crippen LogP contribution in [0.4, 0.5) is 17.1 Å². The van der Waals surface area contributed by atoms with E-state index in [1.54, 1.807) is 36.4 Å². The zero-order chi connectivity index (χ0) is 26.2. The van der Waals surface area contributed by atoms with Crippen molar-refractivity contribution in [3.05, 3.63) is 82.9 Å². The maximum atomic E-state index is 12.4. The number of phenolic OH excluding ortho intramolecular Hbond substituents is 1. The summed E-state index contributed by atoms with van der Waals surface area (Å²) in [5, 5.41) is 30.7. The van der Waals surface area contributed by atoms with Gasteiger partial charge in [-0.15, -0.1) is 0 Å². The van der Waals surface area contributed by atoms with Crippen LogP contribution >= 0.6 is 0 Å². The van der Waals surface area contributed by atoms with Crippen molar-refractivity contribution in [2.75, 3.05) is 5.32 Å². The number of aryl methyl sites for hydroxylation is 1.